The summed E-state index contributed by atoms with van der Waals surface area (Å²) in [5.41, 5.74) is 0. The zero-order valence-corrected chi connectivity index (χ0v) is 14.6. The summed E-state index contributed by atoms with van der Waals surface area (Å²) in [4.78, 5) is 26.8. The zero-order valence-electron chi connectivity index (χ0n) is 14.6. The van der Waals surface area contributed by atoms with Crippen LogP contribution in [0.3, 0.4) is 0 Å². The van der Waals surface area contributed by atoms with Crippen molar-refractivity contribution in [2.45, 2.75) is 46.5 Å². The summed E-state index contributed by atoms with van der Waals surface area (Å²) in [6.45, 7) is 8.17. The number of ether oxygens (including phenoxy) is 1. The summed E-state index contributed by atoms with van der Waals surface area (Å²) in [6.07, 6.45) is 5.50. The highest BCUT2D eigenvalue weighted by atomic mass is 16.6. The van der Waals surface area contributed by atoms with Gasteiger partial charge in [0.1, 0.15) is 0 Å². The maximum Gasteiger partial charge on any atom is 0.260 e. The number of amides is 2. The van der Waals surface area contributed by atoms with Crippen molar-refractivity contribution < 1.29 is 19.2 Å². The fraction of sp³-hybridized carbons (Fsp3) is 0.812. The van der Waals surface area contributed by atoms with Gasteiger partial charge in [-0.2, -0.15) is 0 Å². The molecule has 2 amide bonds. The Hall–Kier alpha value is -1.63. The standard InChI is InChI=1S/C16H31N3O4/c1-4-14(2)12-22-11-7-5-6-8-18-16(21)13-23-19-10-9-17-15(3)20/h10,14H,4-9,11-13H2,1-3H3,(H,17,20)(H,18,21)/b19-10-. The second kappa shape index (κ2) is 15.3. The van der Waals surface area contributed by atoms with E-state index in [9.17, 15) is 9.59 Å². The molecular formula is C16H31N3O4. The van der Waals surface area contributed by atoms with Gasteiger partial charge in [-0.05, 0) is 25.2 Å². The number of hydrogen-bond acceptors (Lipinski definition) is 5. The summed E-state index contributed by atoms with van der Waals surface area (Å²) >= 11 is 0. The highest BCUT2D eigenvalue weighted by Gasteiger charge is 2.01. The zero-order chi connectivity index (χ0) is 17.3. The largest absolute Gasteiger partial charge is 0.386 e. The van der Waals surface area contributed by atoms with E-state index in [2.05, 4.69) is 29.6 Å². The molecule has 0 aromatic heterocycles. The van der Waals surface area contributed by atoms with Crippen molar-refractivity contribution >= 4 is 18.0 Å². The lowest BCUT2D eigenvalue weighted by molar-refractivity contribution is -0.125. The van der Waals surface area contributed by atoms with E-state index in [0.29, 0.717) is 12.5 Å². The lowest BCUT2D eigenvalue weighted by atomic mass is 10.1. The molecule has 0 heterocycles. The number of unbranched alkanes of at least 4 members (excludes halogenated alkanes) is 2. The van der Waals surface area contributed by atoms with Crippen molar-refractivity contribution in [3.05, 3.63) is 0 Å². The van der Waals surface area contributed by atoms with Crippen LogP contribution in [0.4, 0.5) is 0 Å². The van der Waals surface area contributed by atoms with Crippen LogP contribution < -0.4 is 10.6 Å². The molecule has 23 heavy (non-hydrogen) atoms. The van der Waals surface area contributed by atoms with Crippen LogP contribution in [0.1, 0.15) is 46.5 Å². The maximum atomic E-state index is 11.4. The van der Waals surface area contributed by atoms with E-state index in [1.54, 1.807) is 0 Å². The van der Waals surface area contributed by atoms with Crippen LogP contribution in [-0.2, 0) is 19.2 Å². The normalized spacial score (nSPS) is 12.1. The molecule has 1 unspecified atom stereocenters. The molecule has 0 rings (SSSR count). The Labute approximate surface area is 139 Å². The highest BCUT2D eigenvalue weighted by Crippen LogP contribution is 2.02. The Bertz CT molecular complexity index is 348. The fourth-order valence-electron chi connectivity index (χ4n) is 1.56. The number of hydrogen-bond donors (Lipinski definition) is 2. The third-order valence-corrected chi connectivity index (χ3v) is 3.17. The predicted molar refractivity (Wildman–Crippen MR) is 90.3 cm³/mol. The first-order valence-corrected chi connectivity index (χ1v) is 8.28. The van der Waals surface area contributed by atoms with Gasteiger partial charge in [-0.3, -0.25) is 9.59 Å². The van der Waals surface area contributed by atoms with Gasteiger partial charge >= 0.3 is 0 Å². The average Bonchev–Trinajstić information content (AvgIpc) is 2.52. The van der Waals surface area contributed by atoms with E-state index in [1.807, 2.05) is 0 Å². The summed E-state index contributed by atoms with van der Waals surface area (Å²) in [5.74, 6) is 0.282. The van der Waals surface area contributed by atoms with Gasteiger partial charge in [0.25, 0.3) is 5.91 Å². The van der Waals surface area contributed by atoms with Crippen molar-refractivity contribution in [3.8, 4) is 0 Å². The summed E-state index contributed by atoms with van der Waals surface area (Å²) < 4.78 is 5.56. The topological polar surface area (TPSA) is 89.0 Å². The number of rotatable bonds is 14. The molecular weight excluding hydrogens is 298 g/mol. The molecule has 0 radical (unpaired) electrons. The Balaban J connectivity index is 3.32. The molecule has 0 fully saturated rings. The van der Waals surface area contributed by atoms with Gasteiger partial charge in [0.15, 0.2) is 6.61 Å². The molecule has 0 bridgehead atoms. The Morgan fingerprint density at radius 1 is 1.22 bits per heavy atom. The van der Waals surface area contributed by atoms with E-state index in [0.717, 1.165) is 38.9 Å². The van der Waals surface area contributed by atoms with Crippen LogP contribution in [0.5, 0.6) is 0 Å². The van der Waals surface area contributed by atoms with E-state index in [-0.39, 0.29) is 25.0 Å². The van der Waals surface area contributed by atoms with E-state index in [1.165, 1.54) is 13.1 Å². The number of oxime groups is 1. The van der Waals surface area contributed by atoms with Crippen LogP contribution in [0.2, 0.25) is 0 Å². The third kappa shape index (κ3) is 16.6. The first kappa shape index (κ1) is 21.4. The highest BCUT2D eigenvalue weighted by molar-refractivity contribution is 5.77. The van der Waals surface area contributed by atoms with Gasteiger partial charge in [0.05, 0.1) is 12.8 Å². The van der Waals surface area contributed by atoms with Crippen LogP contribution in [0.15, 0.2) is 5.16 Å². The lowest BCUT2D eigenvalue weighted by Crippen LogP contribution is -2.28. The fourth-order valence-corrected chi connectivity index (χ4v) is 1.56. The molecule has 0 spiro atoms. The number of nitrogens with one attached hydrogen (secondary N) is 2. The molecule has 7 heteroatoms. The van der Waals surface area contributed by atoms with Crippen LogP contribution >= 0.6 is 0 Å². The Kier molecular flexibility index (Phi) is 14.2. The van der Waals surface area contributed by atoms with Gasteiger partial charge in [-0.1, -0.05) is 25.4 Å². The summed E-state index contributed by atoms with van der Waals surface area (Å²) in [5, 5.41) is 8.85. The van der Waals surface area contributed by atoms with Crippen molar-refractivity contribution in [1.82, 2.24) is 10.6 Å². The minimum Gasteiger partial charge on any atom is -0.386 e. The molecule has 134 valence electrons. The molecule has 0 aliphatic rings. The second-order valence-corrected chi connectivity index (χ2v) is 5.50. The maximum absolute atomic E-state index is 11.4. The monoisotopic (exact) mass is 329 g/mol. The Morgan fingerprint density at radius 2 is 2.00 bits per heavy atom. The molecule has 1 atom stereocenters. The molecule has 0 aliphatic carbocycles. The number of nitrogens with zero attached hydrogens (tertiary/aromatic N) is 1. The predicted octanol–water partition coefficient (Wildman–Crippen LogP) is 1.47. The van der Waals surface area contributed by atoms with Gasteiger partial charge in [-0.15, -0.1) is 0 Å². The molecule has 2 N–H and O–H groups in total. The average molecular weight is 329 g/mol. The van der Waals surface area contributed by atoms with Crippen molar-refractivity contribution in [3.63, 3.8) is 0 Å². The number of carbonyl (C=O) groups excluding carboxylic acids is 2. The minimum absolute atomic E-state index is 0.116. The van der Waals surface area contributed by atoms with Crippen molar-refractivity contribution in [1.29, 1.82) is 0 Å². The number of carbonyl (C=O) groups is 2. The van der Waals surface area contributed by atoms with Crippen molar-refractivity contribution in [2.75, 3.05) is 32.9 Å². The van der Waals surface area contributed by atoms with Gasteiger partial charge in [-0.25, -0.2) is 0 Å². The van der Waals surface area contributed by atoms with Gasteiger partial charge in [0.2, 0.25) is 5.91 Å². The quantitative estimate of drug-likeness (QED) is 0.287. The lowest BCUT2D eigenvalue weighted by Gasteiger charge is -2.09. The molecule has 0 aromatic carbocycles. The van der Waals surface area contributed by atoms with Gasteiger partial charge < -0.3 is 20.2 Å². The van der Waals surface area contributed by atoms with Crippen LogP contribution in [0.25, 0.3) is 0 Å². The van der Waals surface area contributed by atoms with E-state index < -0.39 is 0 Å². The Morgan fingerprint density at radius 3 is 2.70 bits per heavy atom. The molecule has 0 aromatic rings. The first-order chi connectivity index (χ1) is 11.1. The smallest absolute Gasteiger partial charge is 0.260 e. The molecule has 0 saturated heterocycles. The van der Waals surface area contributed by atoms with Crippen LogP contribution in [0, 0.1) is 5.92 Å². The summed E-state index contributed by atoms with van der Waals surface area (Å²) in [7, 11) is 0. The van der Waals surface area contributed by atoms with Gasteiger partial charge in [0, 0.05) is 26.7 Å². The molecule has 0 aliphatic heterocycles. The molecule has 7 nitrogen and oxygen atoms in total. The SMILES string of the molecule is CCC(C)COCCCCCNC(=O)CO/N=C\CNC(C)=O. The molecule has 0 saturated carbocycles. The van der Waals surface area contributed by atoms with E-state index >= 15 is 0 Å². The van der Waals surface area contributed by atoms with Crippen molar-refractivity contribution in [2.24, 2.45) is 11.1 Å². The van der Waals surface area contributed by atoms with Crippen LogP contribution in [-0.4, -0.2) is 50.9 Å². The minimum atomic E-state index is -0.199. The van der Waals surface area contributed by atoms with E-state index in [4.69, 9.17) is 9.57 Å². The summed E-state index contributed by atoms with van der Waals surface area (Å²) in [6, 6.07) is 0. The second-order valence-electron chi connectivity index (χ2n) is 5.50. The first-order valence-electron chi connectivity index (χ1n) is 8.28. The third-order valence-electron chi connectivity index (χ3n) is 3.17.